The van der Waals surface area contributed by atoms with Crippen LogP contribution in [0.1, 0.15) is 5.76 Å². The second-order valence-electron chi connectivity index (χ2n) is 4.97. The molecule has 0 aliphatic carbocycles. The van der Waals surface area contributed by atoms with Crippen LogP contribution in [0.2, 0.25) is 0 Å². The Hall–Kier alpha value is -2.55. The summed E-state index contributed by atoms with van der Waals surface area (Å²) in [5.41, 5.74) is 0.464. The fraction of sp³-hybridized carbons (Fsp3) is 0.214. The van der Waals surface area contributed by atoms with Crippen molar-refractivity contribution >= 4 is 27.5 Å². The van der Waals surface area contributed by atoms with Gasteiger partial charge in [-0.05, 0) is 24.3 Å². The number of rotatable bonds is 4. The van der Waals surface area contributed by atoms with Crippen molar-refractivity contribution in [3.63, 3.8) is 0 Å². The van der Waals surface area contributed by atoms with Gasteiger partial charge in [0.25, 0.3) is 0 Å². The van der Waals surface area contributed by atoms with E-state index in [1.165, 1.54) is 25.4 Å². The third-order valence-corrected chi connectivity index (χ3v) is 5.27. The predicted molar refractivity (Wildman–Crippen MR) is 81.6 cm³/mol. The second kappa shape index (κ2) is 5.58. The Balaban J connectivity index is 1.79. The number of hydrogen-bond donors (Lipinski definition) is 1. The van der Waals surface area contributed by atoms with Gasteiger partial charge in [-0.1, -0.05) is 0 Å². The molecule has 122 valence electrons. The van der Waals surface area contributed by atoms with Crippen LogP contribution in [0.4, 0.5) is 15.8 Å². The molecule has 0 bridgehead atoms. The molecule has 7 nitrogen and oxygen atoms in total. The highest BCUT2D eigenvalue weighted by Gasteiger charge is 2.39. The van der Waals surface area contributed by atoms with E-state index < -0.39 is 28.5 Å². The van der Waals surface area contributed by atoms with E-state index in [1.807, 2.05) is 0 Å². The van der Waals surface area contributed by atoms with Crippen LogP contribution in [-0.4, -0.2) is 27.9 Å². The Morgan fingerprint density at radius 3 is 2.78 bits per heavy atom. The Labute approximate surface area is 132 Å². The van der Waals surface area contributed by atoms with Crippen molar-refractivity contribution in [1.29, 1.82) is 0 Å². The van der Waals surface area contributed by atoms with Crippen molar-refractivity contribution in [3.05, 3.63) is 48.2 Å². The van der Waals surface area contributed by atoms with Crippen LogP contribution in [0.5, 0.6) is 0 Å². The molecule has 3 rings (SSSR count). The molecule has 1 aliphatic rings. The number of anilines is 2. The minimum absolute atomic E-state index is 0.139. The number of fused-ring (bicyclic) bond motifs is 1. The molecule has 1 aromatic heterocycles. The van der Waals surface area contributed by atoms with Gasteiger partial charge in [-0.3, -0.25) is 9.10 Å². The number of benzene rings is 1. The van der Waals surface area contributed by atoms with Crippen LogP contribution < -0.4 is 13.9 Å². The average molecular weight is 339 g/mol. The zero-order chi connectivity index (χ0) is 16.6. The summed E-state index contributed by atoms with van der Waals surface area (Å²) in [4.78, 5) is 12.0. The standard InChI is InChI=1S/C14H14FN3O4S/c1-17-12-5-4-10(15)7-13(12)18(23(17,20)21)9-14(19)16-8-11-3-2-6-22-11/h2-7H,8-9H2,1H3,(H,16,19). The van der Waals surface area contributed by atoms with E-state index in [0.717, 1.165) is 14.7 Å². The molecule has 1 amide bonds. The van der Waals surface area contributed by atoms with E-state index in [0.29, 0.717) is 11.4 Å². The maximum atomic E-state index is 13.4. The van der Waals surface area contributed by atoms with Crippen molar-refractivity contribution in [1.82, 2.24) is 5.32 Å². The Bertz CT molecular complexity index is 836. The third kappa shape index (κ3) is 2.74. The van der Waals surface area contributed by atoms with Gasteiger partial charge < -0.3 is 9.73 Å². The van der Waals surface area contributed by atoms with Crippen molar-refractivity contribution < 1.29 is 22.0 Å². The third-order valence-electron chi connectivity index (χ3n) is 3.50. The molecule has 23 heavy (non-hydrogen) atoms. The first kappa shape index (κ1) is 15.3. The molecule has 0 fully saturated rings. The molecule has 1 N–H and O–H groups in total. The van der Waals surface area contributed by atoms with Crippen LogP contribution in [0.3, 0.4) is 0 Å². The minimum atomic E-state index is -3.89. The molecule has 1 aromatic carbocycles. The van der Waals surface area contributed by atoms with Crippen molar-refractivity contribution in [2.45, 2.75) is 6.54 Å². The van der Waals surface area contributed by atoms with Gasteiger partial charge in [-0.25, -0.2) is 8.70 Å². The highest BCUT2D eigenvalue weighted by atomic mass is 32.2. The lowest BCUT2D eigenvalue weighted by Crippen LogP contribution is -2.42. The molecule has 0 radical (unpaired) electrons. The molecule has 2 aromatic rings. The normalized spacial score (nSPS) is 15.6. The molecule has 0 atom stereocenters. The molecule has 0 spiro atoms. The van der Waals surface area contributed by atoms with E-state index in [1.54, 1.807) is 12.1 Å². The van der Waals surface area contributed by atoms with Crippen molar-refractivity contribution in [2.75, 3.05) is 22.2 Å². The van der Waals surface area contributed by atoms with Crippen LogP contribution in [0.15, 0.2) is 41.0 Å². The maximum absolute atomic E-state index is 13.4. The molecule has 1 aliphatic heterocycles. The van der Waals surface area contributed by atoms with E-state index in [2.05, 4.69) is 5.32 Å². The SMILES string of the molecule is CN1c2ccc(F)cc2N(CC(=O)NCc2ccco2)S1(=O)=O. The van der Waals surface area contributed by atoms with E-state index in [-0.39, 0.29) is 12.2 Å². The summed E-state index contributed by atoms with van der Waals surface area (Å²) in [7, 11) is -2.54. The van der Waals surface area contributed by atoms with Crippen molar-refractivity contribution in [2.24, 2.45) is 0 Å². The Morgan fingerprint density at radius 1 is 1.30 bits per heavy atom. The average Bonchev–Trinajstić information content (AvgIpc) is 3.08. The highest BCUT2D eigenvalue weighted by molar-refractivity contribution is 7.94. The maximum Gasteiger partial charge on any atom is 0.326 e. The molecule has 0 saturated carbocycles. The largest absolute Gasteiger partial charge is 0.467 e. The Morgan fingerprint density at radius 2 is 2.09 bits per heavy atom. The summed E-state index contributed by atoms with van der Waals surface area (Å²) >= 11 is 0. The van der Waals surface area contributed by atoms with Gasteiger partial charge in [-0.2, -0.15) is 8.42 Å². The van der Waals surface area contributed by atoms with Gasteiger partial charge in [-0.15, -0.1) is 0 Å². The van der Waals surface area contributed by atoms with Crippen LogP contribution in [0.25, 0.3) is 0 Å². The number of amides is 1. The fourth-order valence-corrected chi connectivity index (χ4v) is 3.68. The van der Waals surface area contributed by atoms with Gasteiger partial charge in [0, 0.05) is 13.1 Å². The monoisotopic (exact) mass is 339 g/mol. The summed E-state index contributed by atoms with van der Waals surface area (Å²) in [6.45, 7) is -0.296. The number of nitrogens with one attached hydrogen (secondary N) is 1. The number of hydrogen-bond acceptors (Lipinski definition) is 4. The smallest absolute Gasteiger partial charge is 0.326 e. The fourth-order valence-electron chi connectivity index (χ4n) is 2.31. The summed E-state index contributed by atoms with van der Waals surface area (Å²) in [5, 5.41) is 2.56. The number of carbonyl (C=O) groups is 1. The van der Waals surface area contributed by atoms with Gasteiger partial charge in [0.2, 0.25) is 5.91 Å². The Kier molecular flexibility index (Phi) is 3.72. The van der Waals surface area contributed by atoms with Gasteiger partial charge in [0.05, 0.1) is 24.2 Å². The lowest BCUT2D eigenvalue weighted by molar-refractivity contribution is -0.119. The summed E-state index contributed by atoms with van der Waals surface area (Å²) in [6, 6.07) is 7.00. The first-order valence-corrected chi connectivity index (χ1v) is 8.14. The minimum Gasteiger partial charge on any atom is -0.467 e. The number of nitrogens with zero attached hydrogens (tertiary/aromatic N) is 2. The predicted octanol–water partition coefficient (Wildman–Crippen LogP) is 1.24. The van der Waals surface area contributed by atoms with Gasteiger partial charge in [0.15, 0.2) is 0 Å². The second-order valence-corrected chi connectivity index (χ2v) is 6.86. The molecule has 0 unspecified atom stereocenters. The molecule has 0 saturated heterocycles. The zero-order valence-electron chi connectivity index (χ0n) is 12.2. The molecular formula is C14H14FN3O4S. The van der Waals surface area contributed by atoms with E-state index >= 15 is 0 Å². The van der Waals surface area contributed by atoms with Gasteiger partial charge >= 0.3 is 10.2 Å². The van der Waals surface area contributed by atoms with Crippen molar-refractivity contribution in [3.8, 4) is 0 Å². The number of carbonyl (C=O) groups excluding carboxylic acids is 1. The van der Waals surface area contributed by atoms with E-state index in [4.69, 9.17) is 4.42 Å². The topological polar surface area (TPSA) is 82.9 Å². The summed E-state index contributed by atoms with van der Waals surface area (Å²) in [6.07, 6.45) is 1.47. The van der Waals surface area contributed by atoms with E-state index in [9.17, 15) is 17.6 Å². The first-order chi connectivity index (χ1) is 10.9. The number of furan rings is 1. The number of halogens is 1. The van der Waals surface area contributed by atoms with Gasteiger partial charge in [0.1, 0.15) is 18.1 Å². The lowest BCUT2D eigenvalue weighted by atomic mass is 10.2. The zero-order valence-corrected chi connectivity index (χ0v) is 13.0. The highest BCUT2D eigenvalue weighted by Crippen LogP contribution is 2.39. The molecule has 2 heterocycles. The summed E-state index contributed by atoms with van der Waals surface area (Å²) < 4.78 is 45.1. The summed E-state index contributed by atoms with van der Waals surface area (Å²) in [5.74, 6) is -0.545. The molecular weight excluding hydrogens is 325 g/mol. The van der Waals surface area contributed by atoms with Crippen LogP contribution in [0, 0.1) is 5.82 Å². The van der Waals surface area contributed by atoms with Crippen LogP contribution >= 0.6 is 0 Å². The lowest BCUT2D eigenvalue weighted by Gasteiger charge is -2.18. The first-order valence-electron chi connectivity index (χ1n) is 6.75. The van der Waals surface area contributed by atoms with Crippen LogP contribution in [-0.2, 0) is 21.5 Å². The molecule has 9 heteroatoms. The quantitative estimate of drug-likeness (QED) is 0.908.